The van der Waals surface area contributed by atoms with Crippen molar-refractivity contribution in [3.63, 3.8) is 0 Å². The number of ether oxygens (including phenoxy) is 1. The number of urea groups is 1. The molecule has 0 spiro atoms. The number of anilines is 3. The lowest BCUT2D eigenvalue weighted by atomic mass is 10.0. The van der Waals surface area contributed by atoms with E-state index in [1.807, 2.05) is 4.72 Å². The van der Waals surface area contributed by atoms with Crippen LogP contribution < -0.4 is 20.8 Å². The van der Waals surface area contributed by atoms with E-state index in [9.17, 15) is 42.3 Å². The zero-order valence-electron chi connectivity index (χ0n) is 30.9. The van der Waals surface area contributed by atoms with Crippen LogP contribution in [0.15, 0.2) is 73.1 Å². The third kappa shape index (κ3) is 9.56. The molecule has 20 nitrogen and oxygen atoms in total. The minimum atomic E-state index is -3.81. The number of aromatic carboxylic acids is 1. The van der Waals surface area contributed by atoms with Crippen LogP contribution in [0.5, 0.6) is 0 Å². The number of fused-ring (bicyclic) bond motifs is 1. The molecule has 1 aliphatic rings. The summed E-state index contributed by atoms with van der Waals surface area (Å²) in [5.41, 5.74) is 2.82. The number of rotatable bonds is 13. The quantitative estimate of drug-likeness (QED) is 0.0639. The van der Waals surface area contributed by atoms with Gasteiger partial charge in [-0.3, -0.25) is 19.8 Å². The highest BCUT2D eigenvalue weighted by Gasteiger charge is 2.37. The third-order valence-corrected chi connectivity index (χ3v) is 10.5. The van der Waals surface area contributed by atoms with Gasteiger partial charge in [-0.2, -0.15) is 4.68 Å². The summed E-state index contributed by atoms with van der Waals surface area (Å²) in [6, 6.07) is 13.4. The van der Waals surface area contributed by atoms with Gasteiger partial charge in [0.1, 0.15) is 23.7 Å². The fourth-order valence-corrected chi connectivity index (χ4v) is 7.12. The number of carboxylic acid groups (broad SMARTS) is 1. The van der Waals surface area contributed by atoms with Crippen molar-refractivity contribution in [2.45, 2.75) is 56.9 Å². The van der Waals surface area contributed by atoms with Crippen molar-refractivity contribution in [3.8, 4) is 5.69 Å². The predicted octanol–water partition coefficient (Wildman–Crippen LogP) is 3.97. The molecule has 4 amide bonds. The lowest BCUT2D eigenvalue weighted by molar-refractivity contribution is -0.141. The maximum Gasteiger partial charge on any atom is 0.419 e. The van der Waals surface area contributed by atoms with E-state index in [4.69, 9.17) is 16.3 Å². The summed E-state index contributed by atoms with van der Waals surface area (Å²) in [6.45, 7) is 4.88. The van der Waals surface area contributed by atoms with Crippen LogP contribution in [0.25, 0.3) is 16.6 Å². The molecule has 1 fully saturated rings. The molecule has 0 aliphatic heterocycles. The van der Waals surface area contributed by atoms with Gasteiger partial charge in [-0.1, -0.05) is 23.7 Å². The SMILES string of the molecule is CC(C)(C)OC(=O)n1c(C(=O)O)cc2cc(NC(=O)C(Cc3ccc(NC(=O)NS(=O)(=O)C4CC4)cc3)N(Nc3cc(Cl)ccc3-n3cnnn3)C(=O)C=O)ccc21. The van der Waals surface area contributed by atoms with Crippen LogP contribution in [0.3, 0.4) is 0 Å². The number of tetrazole rings is 1. The number of carbonyl (C=O) groups is 6. The van der Waals surface area contributed by atoms with E-state index in [0.29, 0.717) is 18.4 Å². The topological polar surface area (TPSA) is 266 Å². The number of sulfonamides is 1. The Morgan fingerprint density at radius 3 is 2.33 bits per heavy atom. The number of nitrogens with zero attached hydrogens (tertiary/aromatic N) is 6. The largest absolute Gasteiger partial charge is 0.477 e. The van der Waals surface area contributed by atoms with Crippen molar-refractivity contribution in [3.05, 3.63) is 89.3 Å². The van der Waals surface area contributed by atoms with E-state index in [0.717, 1.165) is 9.58 Å². The average molecular weight is 835 g/mol. The Balaban J connectivity index is 1.33. The number of halogens is 1. The van der Waals surface area contributed by atoms with Crippen LogP contribution in [0.4, 0.5) is 26.7 Å². The summed E-state index contributed by atoms with van der Waals surface area (Å²) in [4.78, 5) is 77.4. The van der Waals surface area contributed by atoms with Gasteiger partial charge in [0.25, 0.3) is 0 Å². The van der Waals surface area contributed by atoms with Crippen molar-refractivity contribution >= 4 is 85.8 Å². The molecule has 1 saturated carbocycles. The molecule has 5 N–H and O–H groups in total. The number of aromatic nitrogens is 5. The molecule has 0 radical (unpaired) electrons. The number of nitrogens with one attached hydrogen (secondary N) is 4. The molecule has 2 heterocycles. The standard InChI is InChI=1S/C36H35ClN10O10S/c1-36(2,3)57-35(54)46-27-13-9-24(15-21(27)16-30(46)33(51)52)39-32(50)29(14-20-4-7-23(8-5-20)40-34(53)42-58(55,56)25-10-11-25)47(31(49)18-48)41-26-17-22(37)6-12-28(26)45-19-38-43-44-45/h4-9,12-13,15-19,25,29,41H,10-11,14H2,1-3H3,(H,39,50)(H,51,52)(H2,40,42,53). The Morgan fingerprint density at radius 1 is 1.00 bits per heavy atom. The lowest BCUT2D eigenvalue weighted by Gasteiger charge is -2.31. The van der Waals surface area contributed by atoms with Crippen LogP contribution in [0, 0.1) is 0 Å². The molecule has 2 aromatic heterocycles. The van der Waals surface area contributed by atoms with Crippen LogP contribution in [-0.2, 0) is 35.6 Å². The minimum absolute atomic E-state index is 0.00524. The lowest BCUT2D eigenvalue weighted by Crippen LogP contribution is -2.52. The van der Waals surface area contributed by atoms with Gasteiger partial charge in [-0.05, 0) is 104 Å². The van der Waals surface area contributed by atoms with Gasteiger partial charge in [0.05, 0.1) is 22.1 Å². The summed E-state index contributed by atoms with van der Waals surface area (Å²) >= 11 is 6.30. The molecular formula is C36H35ClN10O10S. The third-order valence-electron chi connectivity index (χ3n) is 8.45. The smallest absolute Gasteiger partial charge is 0.419 e. The Bertz CT molecular complexity index is 2530. The molecule has 58 heavy (non-hydrogen) atoms. The molecular weight excluding hydrogens is 800 g/mol. The first-order valence-electron chi connectivity index (χ1n) is 17.3. The van der Waals surface area contributed by atoms with Gasteiger partial charge in [0, 0.05) is 28.2 Å². The molecule has 0 bridgehead atoms. The van der Waals surface area contributed by atoms with Gasteiger partial charge in [-0.25, -0.2) is 37.1 Å². The fourth-order valence-electron chi connectivity index (χ4n) is 5.72. The number of hydrazine groups is 1. The first-order chi connectivity index (χ1) is 27.4. The molecule has 0 saturated heterocycles. The second kappa shape index (κ2) is 16.3. The van der Waals surface area contributed by atoms with Gasteiger partial charge < -0.3 is 20.5 Å². The molecule has 1 atom stereocenters. The number of carbonyl (C=O) groups excluding carboxylic acids is 5. The van der Waals surface area contributed by atoms with E-state index in [2.05, 4.69) is 31.6 Å². The molecule has 302 valence electrons. The minimum Gasteiger partial charge on any atom is -0.477 e. The van der Waals surface area contributed by atoms with Crippen molar-refractivity contribution < 1.29 is 47.0 Å². The van der Waals surface area contributed by atoms with Crippen molar-refractivity contribution in [1.82, 2.24) is 34.5 Å². The van der Waals surface area contributed by atoms with Crippen molar-refractivity contribution in [2.24, 2.45) is 0 Å². The monoisotopic (exact) mass is 834 g/mol. The molecule has 5 aromatic rings. The number of hydrogen-bond donors (Lipinski definition) is 5. The van der Waals surface area contributed by atoms with Gasteiger partial charge >= 0.3 is 24.0 Å². The van der Waals surface area contributed by atoms with E-state index < -0.39 is 62.5 Å². The summed E-state index contributed by atoms with van der Waals surface area (Å²) in [5, 5.41) is 26.8. The number of carboxylic acids is 1. The van der Waals surface area contributed by atoms with Crippen LogP contribution in [-0.4, -0.2) is 96.4 Å². The van der Waals surface area contributed by atoms with E-state index in [-0.39, 0.29) is 51.4 Å². The molecule has 22 heteroatoms. The normalized spacial score (nSPS) is 13.2. The Morgan fingerprint density at radius 2 is 1.71 bits per heavy atom. The maximum absolute atomic E-state index is 14.3. The summed E-state index contributed by atoms with van der Waals surface area (Å²) in [6.07, 6.45) is 1.00. The Kier molecular flexibility index (Phi) is 11.5. The number of benzene rings is 3. The van der Waals surface area contributed by atoms with E-state index in [1.165, 1.54) is 77.7 Å². The van der Waals surface area contributed by atoms with Crippen LogP contribution in [0.2, 0.25) is 5.02 Å². The second-order valence-electron chi connectivity index (χ2n) is 14.0. The van der Waals surface area contributed by atoms with E-state index >= 15 is 0 Å². The summed E-state index contributed by atoms with van der Waals surface area (Å²) < 4.78 is 33.9. The van der Waals surface area contributed by atoms with E-state index in [1.54, 1.807) is 20.8 Å². The molecule has 1 aliphatic carbocycles. The Hall–Kier alpha value is -6.87. The van der Waals surface area contributed by atoms with Crippen LogP contribution >= 0.6 is 11.6 Å². The highest BCUT2D eigenvalue weighted by Crippen LogP contribution is 2.29. The number of amides is 4. The highest BCUT2D eigenvalue weighted by atomic mass is 35.5. The predicted molar refractivity (Wildman–Crippen MR) is 208 cm³/mol. The number of hydrogen-bond acceptors (Lipinski definition) is 13. The molecule has 1 unspecified atom stereocenters. The zero-order valence-corrected chi connectivity index (χ0v) is 32.4. The van der Waals surface area contributed by atoms with Crippen LogP contribution in [0.1, 0.15) is 49.7 Å². The maximum atomic E-state index is 14.3. The second-order valence-corrected chi connectivity index (χ2v) is 16.4. The number of aldehydes is 1. The zero-order chi connectivity index (χ0) is 41.9. The van der Waals surface area contributed by atoms with Crippen molar-refractivity contribution in [2.75, 3.05) is 16.1 Å². The summed E-state index contributed by atoms with van der Waals surface area (Å²) in [5.74, 6) is -3.41. The van der Waals surface area contributed by atoms with Gasteiger partial charge in [-0.15, -0.1) is 5.10 Å². The fraction of sp³-hybridized carbons (Fsp3) is 0.250. The summed E-state index contributed by atoms with van der Waals surface area (Å²) in [7, 11) is -3.81. The highest BCUT2D eigenvalue weighted by molar-refractivity contribution is 7.91. The average Bonchev–Trinajstić information content (AvgIpc) is 3.75. The van der Waals surface area contributed by atoms with Gasteiger partial charge in [0.15, 0.2) is 0 Å². The molecule has 6 rings (SSSR count). The molecule has 3 aromatic carbocycles. The first-order valence-corrected chi connectivity index (χ1v) is 19.3. The Labute approximate surface area is 334 Å². The van der Waals surface area contributed by atoms with Gasteiger partial charge in [0.2, 0.25) is 22.2 Å². The first kappa shape index (κ1) is 40.8. The van der Waals surface area contributed by atoms with Crippen molar-refractivity contribution in [1.29, 1.82) is 0 Å².